The first-order valence-electron chi connectivity index (χ1n) is 9.10. The van der Waals surface area contributed by atoms with E-state index in [4.69, 9.17) is 4.74 Å². The van der Waals surface area contributed by atoms with E-state index in [1.165, 1.54) is 0 Å². The number of carbonyl (C=O) groups is 2. The highest BCUT2D eigenvalue weighted by Gasteiger charge is 2.27. The van der Waals surface area contributed by atoms with Gasteiger partial charge in [0.2, 0.25) is 5.91 Å². The Balaban J connectivity index is 0.00000364. The van der Waals surface area contributed by atoms with Crippen LogP contribution in [0.5, 0.6) is 5.75 Å². The number of amides is 2. The summed E-state index contributed by atoms with van der Waals surface area (Å²) in [5, 5.41) is 9.28. The molecule has 0 spiro atoms. The first kappa shape index (κ1) is 23.6. The van der Waals surface area contributed by atoms with Crippen molar-refractivity contribution in [3.8, 4) is 5.75 Å². The van der Waals surface area contributed by atoms with Crippen LogP contribution >= 0.6 is 24.2 Å². The number of para-hydroxylation sites is 1. The Kier molecular flexibility index (Phi) is 11.2. The number of nitrogens with one attached hydrogen (secondary N) is 3. The first-order valence-corrected chi connectivity index (χ1v) is 10.5. The molecule has 3 N–H and O–H groups in total. The standard InChI is InChI=1S/C19H29N3O3S.ClH/c1-14-16(9-6-11-20-14)22-19(24)17(10-12-26-2)21-18(23)13-25-15-7-4-3-5-8-15;/h3-5,7-8,14,16-17,20H,6,9-13H2,1-2H3,(H,21,23)(H,22,24);1H. The molecule has 0 aliphatic carbocycles. The van der Waals surface area contributed by atoms with E-state index < -0.39 is 6.04 Å². The van der Waals surface area contributed by atoms with E-state index >= 15 is 0 Å². The van der Waals surface area contributed by atoms with Crippen molar-refractivity contribution in [3.63, 3.8) is 0 Å². The first-order chi connectivity index (χ1) is 12.6. The molecule has 0 aromatic heterocycles. The molecule has 152 valence electrons. The van der Waals surface area contributed by atoms with Gasteiger partial charge in [0.1, 0.15) is 11.8 Å². The highest BCUT2D eigenvalue weighted by Crippen LogP contribution is 2.10. The minimum atomic E-state index is -0.538. The number of rotatable bonds is 9. The monoisotopic (exact) mass is 415 g/mol. The Labute approximate surface area is 172 Å². The minimum absolute atomic E-state index is 0. The van der Waals surface area contributed by atoms with Gasteiger partial charge in [-0.15, -0.1) is 12.4 Å². The maximum absolute atomic E-state index is 12.7. The number of halogens is 1. The Morgan fingerprint density at radius 2 is 2.07 bits per heavy atom. The molecule has 2 amide bonds. The molecule has 6 nitrogen and oxygen atoms in total. The Bertz CT molecular complexity index is 577. The number of thioether (sulfide) groups is 1. The van der Waals surface area contributed by atoms with Crippen LogP contribution in [0.4, 0.5) is 0 Å². The lowest BCUT2D eigenvalue weighted by Crippen LogP contribution is -2.56. The van der Waals surface area contributed by atoms with Gasteiger partial charge in [0.15, 0.2) is 6.61 Å². The van der Waals surface area contributed by atoms with E-state index in [9.17, 15) is 9.59 Å². The van der Waals surface area contributed by atoms with Gasteiger partial charge in [-0.2, -0.15) is 11.8 Å². The van der Waals surface area contributed by atoms with Crippen molar-refractivity contribution in [3.05, 3.63) is 30.3 Å². The second-order valence-corrected chi connectivity index (χ2v) is 7.49. The molecule has 3 unspecified atom stereocenters. The normalized spacial score (nSPS) is 20.1. The van der Waals surface area contributed by atoms with Crippen molar-refractivity contribution in [2.45, 2.75) is 44.3 Å². The number of piperidine rings is 1. The zero-order valence-corrected chi connectivity index (χ0v) is 17.5. The van der Waals surface area contributed by atoms with Crippen molar-refractivity contribution in [2.24, 2.45) is 0 Å². The van der Waals surface area contributed by atoms with E-state index in [0.29, 0.717) is 12.2 Å². The van der Waals surface area contributed by atoms with E-state index in [-0.39, 0.29) is 42.9 Å². The van der Waals surface area contributed by atoms with Crippen LogP contribution in [0.25, 0.3) is 0 Å². The smallest absolute Gasteiger partial charge is 0.258 e. The van der Waals surface area contributed by atoms with Gasteiger partial charge in [-0.05, 0) is 56.9 Å². The van der Waals surface area contributed by atoms with Gasteiger partial charge in [0.05, 0.1) is 0 Å². The second-order valence-electron chi connectivity index (χ2n) is 6.50. The van der Waals surface area contributed by atoms with Gasteiger partial charge in [0.25, 0.3) is 5.91 Å². The highest BCUT2D eigenvalue weighted by atomic mass is 35.5. The Hall–Kier alpha value is -1.44. The lowest BCUT2D eigenvalue weighted by atomic mass is 9.99. The molecule has 1 aromatic carbocycles. The molecule has 0 bridgehead atoms. The summed E-state index contributed by atoms with van der Waals surface area (Å²) in [6.45, 7) is 2.96. The van der Waals surface area contributed by atoms with Crippen molar-refractivity contribution in [1.82, 2.24) is 16.0 Å². The molecular weight excluding hydrogens is 386 g/mol. The Morgan fingerprint density at radius 1 is 1.33 bits per heavy atom. The number of hydrogen-bond acceptors (Lipinski definition) is 5. The summed E-state index contributed by atoms with van der Waals surface area (Å²) in [5.74, 6) is 1.03. The van der Waals surface area contributed by atoms with E-state index in [0.717, 1.165) is 25.1 Å². The zero-order chi connectivity index (χ0) is 18.8. The van der Waals surface area contributed by atoms with Gasteiger partial charge in [-0.1, -0.05) is 18.2 Å². The maximum Gasteiger partial charge on any atom is 0.258 e. The van der Waals surface area contributed by atoms with Gasteiger partial charge < -0.3 is 20.7 Å². The van der Waals surface area contributed by atoms with Crippen molar-refractivity contribution < 1.29 is 14.3 Å². The largest absolute Gasteiger partial charge is 0.484 e. The Morgan fingerprint density at radius 3 is 2.74 bits per heavy atom. The summed E-state index contributed by atoms with van der Waals surface area (Å²) in [6, 6.07) is 8.98. The number of hydrogen-bond donors (Lipinski definition) is 3. The van der Waals surface area contributed by atoms with Crippen LogP contribution in [0.2, 0.25) is 0 Å². The van der Waals surface area contributed by atoms with Crippen LogP contribution in [0, 0.1) is 0 Å². The summed E-state index contributed by atoms with van der Waals surface area (Å²) in [6.07, 6.45) is 4.59. The third-order valence-corrected chi connectivity index (χ3v) is 5.11. The lowest BCUT2D eigenvalue weighted by Gasteiger charge is -2.32. The molecule has 0 radical (unpaired) electrons. The van der Waals surface area contributed by atoms with E-state index in [1.54, 1.807) is 23.9 Å². The fraction of sp³-hybridized carbons (Fsp3) is 0.579. The quantitative estimate of drug-likeness (QED) is 0.574. The van der Waals surface area contributed by atoms with Gasteiger partial charge in [-0.3, -0.25) is 9.59 Å². The van der Waals surface area contributed by atoms with Crippen LogP contribution in [-0.4, -0.2) is 55.1 Å². The third kappa shape index (κ3) is 8.41. The minimum Gasteiger partial charge on any atom is -0.484 e. The highest BCUT2D eigenvalue weighted by molar-refractivity contribution is 7.98. The fourth-order valence-corrected chi connectivity index (χ4v) is 3.40. The van der Waals surface area contributed by atoms with Crippen molar-refractivity contribution >= 4 is 36.0 Å². The van der Waals surface area contributed by atoms with Crippen LogP contribution in [-0.2, 0) is 9.59 Å². The SMILES string of the molecule is CSCCC(NC(=O)COc1ccccc1)C(=O)NC1CCCNC1C.Cl. The predicted octanol–water partition coefficient (Wildman–Crippen LogP) is 1.98. The van der Waals surface area contributed by atoms with Gasteiger partial charge in [-0.25, -0.2) is 0 Å². The third-order valence-electron chi connectivity index (χ3n) is 4.46. The number of carbonyl (C=O) groups excluding carboxylic acids is 2. The number of benzene rings is 1. The molecule has 1 aliphatic heterocycles. The summed E-state index contributed by atoms with van der Waals surface area (Å²) < 4.78 is 5.46. The average Bonchev–Trinajstić information content (AvgIpc) is 2.66. The van der Waals surface area contributed by atoms with Crippen LogP contribution in [0.3, 0.4) is 0 Å². The molecular formula is C19H30ClN3O3S. The van der Waals surface area contributed by atoms with E-state index in [2.05, 4.69) is 22.9 Å². The molecule has 0 saturated carbocycles. The maximum atomic E-state index is 12.7. The van der Waals surface area contributed by atoms with Gasteiger partial charge >= 0.3 is 0 Å². The van der Waals surface area contributed by atoms with Crippen molar-refractivity contribution in [1.29, 1.82) is 0 Å². The average molecular weight is 416 g/mol. The number of ether oxygens (including phenoxy) is 1. The molecule has 1 fully saturated rings. The summed E-state index contributed by atoms with van der Waals surface area (Å²) in [5.41, 5.74) is 0. The van der Waals surface area contributed by atoms with Crippen molar-refractivity contribution in [2.75, 3.05) is 25.2 Å². The molecule has 3 atom stereocenters. The van der Waals surface area contributed by atoms with Crippen LogP contribution < -0.4 is 20.7 Å². The van der Waals surface area contributed by atoms with Crippen LogP contribution in [0.1, 0.15) is 26.2 Å². The zero-order valence-electron chi connectivity index (χ0n) is 15.9. The molecule has 1 aromatic rings. The summed E-state index contributed by atoms with van der Waals surface area (Å²) in [7, 11) is 0. The van der Waals surface area contributed by atoms with E-state index in [1.807, 2.05) is 24.5 Å². The molecule has 27 heavy (non-hydrogen) atoms. The summed E-state index contributed by atoms with van der Waals surface area (Å²) in [4.78, 5) is 24.9. The molecule has 1 aliphatic rings. The molecule has 8 heteroatoms. The van der Waals surface area contributed by atoms with Gasteiger partial charge in [0, 0.05) is 12.1 Å². The fourth-order valence-electron chi connectivity index (χ4n) is 2.93. The molecule has 1 saturated heterocycles. The predicted molar refractivity (Wildman–Crippen MR) is 113 cm³/mol. The van der Waals surface area contributed by atoms with Crippen LogP contribution in [0.15, 0.2) is 30.3 Å². The topological polar surface area (TPSA) is 79.5 Å². The lowest BCUT2D eigenvalue weighted by molar-refractivity contribution is -0.130. The second kappa shape index (κ2) is 12.9. The molecule has 2 rings (SSSR count). The summed E-state index contributed by atoms with van der Waals surface area (Å²) >= 11 is 1.66. The molecule has 1 heterocycles.